The molecule has 78 valence electrons. The van der Waals surface area contributed by atoms with E-state index < -0.39 is 8.07 Å². The molecule has 0 aromatic carbocycles. The molecule has 0 amide bonds. The molecule has 0 N–H and O–H groups in total. The lowest BCUT2D eigenvalue weighted by atomic mass is 10.2. The van der Waals surface area contributed by atoms with Crippen LogP contribution in [0.1, 0.15) is 18.5 Å². The zero-order valence-corrected chi connectivity index (χ0v) is 11.5. The second-order valence-electron chi connectivity index (χ2n) is 5.17. The fourth-order valence-electron chi connectivity index (χ4n) is 1.50. The van der Waals surface area contributed by atoms with Gasteiger partial charge in [-0.1, -0.05) is 24.8 Å². The third-order valence-corrected chi connectivity index (χ3v) is 5.45. The molecule has 2 nitrogen and oxygen atoms in total. The van der Waals surface area contributed by atoms with E-state index in [0.717, 1.165) is 27.9 Å². The van der Waals surface area contributed by atoms with E-state index in [4.69, 9.17) is 4.52 Å². The lowest BCUT2D eigenvalue weighted by molar-refractivity contribution is 0.432. The van der Waals surface area contributed by atoms with Crippen LogP contribution in [-0.4, -0.2) is 13.2 Å². The van der Waals surface area contributed by atoms with Gasteiger partial charge in [-0.3, -0.25) is 0 Å². The van der Waals surface area contributed by atoms with Crippen molar-refractivity contribution in [3.8, 4) is 0 Å². The highest BCUT2D eigenvalue weighted by Crippen LogP contribution is 2.34. The summed E-state index contributed by atoms with van der Waals surface area (Å²) >= 11 is 3.62. The smallest absolute Gasteiger partial charge is 0.128 e. The van der Waals surface area contributed by atoms with Gasteiger partial charge < -0.3 is 4.52 Å². The molecule has 4 heteroatoms. The quantitative estimate of drug-likeness (QED) is 0.792. The van der Waals surface area contributed by atoms with Gasteiger partial charge in [0.15, 0.2) is 0 Å². The fraction of sp³-hybridized carbons (Fsp3) is 0.700. The van der Waals surface area contributed by atoms with Crippen LogP contribution in [0.4, 0.5) is 0 Å². The summed E-state index contributed by atoms with van der Waals surface area (Å²) in [6.45, 7) is 6.83. The minimum Gasteiger partial charge on any atom is -0.365 e. The van der Waals surface area contributed by atoms with Crippen molar-refractivity contribution < 1.29 is 4.52 Å². The number of rotatable bonds is 3. The first-order valence-electron chi connectivity index (χ1n) is 5.13. The minimum absolute atomic E-state index is 0.867. The molecule has 1 aliphatic carbocycles. The highest BCUT2D eigenvalue weighted by Gasteiger charge is 2.30. The van der Waals surface area contributed by atoms with Gasteiger partial charge in [-0.25, -0.2) is 0 Å². The SMILES string of the molecule is C[Si](C)(C)c1onc(CC2CC2)c1Br. The summed E-state index contributed by atoms with van der Waals surface area (Å²) in [7, 11) is -1.36. The number of hydrogen-bond acceptors (Lipinski definition) is 2. The van der Waals surface area contributed by atoms with Crippen LogP contribution in [0.2, 0.25) is 19.6 Å². The van der Waals surface area contributed by atoms with E-state index in [1.807, 2.05) is 0 Å². The molecular formula is C10H16BrNOSi. The highest BCUT2D eigenvalue weighted by atomic mass is 79.9. The van der Waals surface area contributed by atoms with E-state index in [1.54, 1.807) is 0 Å². The Kier molecular flexibility index (Phi) is 2.60. The third-order valence-electron chi connectivity index (χ3n) is 2.56. The molecule has 1 fully saturated rings. The summed E-state index contributed by atoms with van der Waals surface area (Å²) in [6.07, 6.45) is 3.82. The van der Waals surface area contributed by atoms with Crippen molar-refractivity contribution in [1.82, 2.24) is 5.16 Å². The van der Waals surface area contributed by atoms with Gasteiger partial charge in [0.2, 0.25) is 0 Å². The maximum absolute atomic E-state index is 5.45. The molecule has 0 bridgehead atoms. The summed E-state index contributed by atoms with van der Waals surface area (Å²) in [6, 6.07) is 0. The first-order valence-corrected chi connectivity index (χ1v) is 9.42. The van der Waals surface area contributed by atoms with Crippen molar-refractivity contribution in [3.05, 3.63) is 10.2 Å². The van der Waals surface area contributed by atoms with E-state index in [2.05, 4.69) is 40.7 Å². The summed E-state index contributed by atoms with van der Waals surface area (Å²) in [5.74, 6) is 0.867. The van der Waals surface area contributed by atoms with Crippen molar-refractivity contribution in [1.29, 1.82) is 0 Å². The van der Waals surface area contributed by atoms with Crippen molar-refractivity contribution in [2.24, 2.45) is 5.92 Å². The predicted molar refractivity (Wildman–Crippen MR) is 63.6 cm³/mol. The minimum atomic E-state index is -1.36. The molecule has 0 spiro atoms. The van der Waals surface area contributed by atoms with E-state index in [1.165, 1.54) is 12.8 Å². The van der Waals surface area contributed by atoms with Crippen LogP contribution in [0, 0.1) is 5.92 Å². The molecular weight excluding hydrogens is 258 g/mol. The molecule has 0 aliphatic heterocycles. The second-order valence-corrected chi connectivity index (χ2v) is 10.9. The molecule has 2 rings (SSSR count). The van der Waals surface area contributed by atoms with Crippen LogP contribution in [-0.2, 0) is 6.42 Å². The first kappa shape index (κ1) is 10.4. The van der Waals surface area contributed by atoms with Gasteiger partial charge in [-0.15, -0.1) is 0 Å². The Bertz CT molecular complexity index is 338. The Hall–Kier alpha value is -0.0931. The monoisotopic (exact) mass is 273 g/mol. The van der Waals surface area contributed by atoms with Gasteiger partial charge in [0.1, 0.15) is 13.5 Å². The fourth-order valence-corrected chi connectivity index (χ4v) is 4.71. The normalized spacial score (nSPS) is 17.4. The van der Waals surface area contributed by atoms with Gasteiger partial charge >= 0.3 is 0 Å². The number of hydrogen-bond donors (Lipinski definition) is 0. The highest BCUT2D eigenvalue weighted by molar-refractivity contribution is 9.10. The molecule has 0 radical (unpaired) electrons. The standard InChI is InChI=1S/C10H16BrNOSi/c1-14(2,3)10-9(11)8(12-13-10)6-7-4-5-7/h7H,4-6H2,1-3H3. The number of nitrogens with zero attached hydrogens (tertiary/aromatic N) is 1. The zero-order valence-electron chi connectivity index (χ0n) is 8.93. The average Bonchev–Trinajstić information content (AvgIpc) is 2.76. The van der Waals surface area contributed by atoms with E-state index >= 15 is 0 Å². The molecule has 0 atom stereocenters. The Balaban J connectivity index is 2.22. The molecule has 0 saturated heterocycles. The zero-order chi connectivity index (χ0) is 10.3. The van der Waals surface area contributed by atoms with Crippen LogP contribution in [0.3, 0.4) is 0 Å². The van der Waals surface area contributed by atoms with Crippen molar-refractivity contribution in [2.45, 2.75) is 38.9 Å². The molecule has 1 aromatic heterocycles. The third kappa shape index (κ3) is 2.11. The average molecular weight is 274 g/mol. The lowest BCUT2D eigenvalue weighted by Gasteiger charge is -2.10. The van der Waals surface area contributed by atoms with Gasteiger partial charge in [0.05, 0.1) is 10.2 Å². The van der Waals surface area contributed by atoms with Crippen molar-refractivity contribution in [2.75, 3.05) is 0 Å². The lowest BCUT2D eigenvalue weighted by Crippen LogP contribution is -2.37. The van der Waals surface area contributed by atoms with Gasteiger partial charge in [0.25, 0.3) is 0 Å². The van der Waals surface area contributed by atoms with Gasteiger partial charge in [-0.05, 0) is 41.1 Å². The Morgan fingerprint density at radius 1 is 1.43 bits per heavy atom. The summed E-state index contributed by atoms with van der Waals surface area (Å²) < 4.78 is 6.60. The summed E-state index contributed by atoms with van der Waals surface area (Å²) in [5, 5.41) is 5.28. The maximum atomic E-state index is 5.45. The molecule has 1 aromatic rings. The molecule has 1 aliphatic rings. The van der Waals surface area contributed by atoms with E-state index in [0.29, 0.717) is 0 Å². The number of halogens is 1. The maximum Gasteiger partial charge on any atom is 0.128 e. The van der Waals surface area contributed by atoms with Crippen molar-refractivity contribution in [3.63, 3.8) is 0 Å². The van der Waals surface area contributed by atoms with Crippen LogP contribution in [0.5, 0.6) is 0 Å². The summed E-state index contributed by atoms with van der Waals surface area (Å²) in [5.41, 5.74) is 1.13. The van der Waals surface area contributed by atoms with Crippen LogP contribution < -0.4 is 5.38 Å². The molecule has 1 saturated carbocycles. The Labute approximate surface area is 94.2 Å². The van der Waals surface area contributed by atoms with Crippen molar-refractivity contribution >= 4 is 29.4 Å². The van der Waals surface area contributed by atoms with Crippen LogP contribution in [0.15, 0.2) is 9.00 Å². The molecule has 0 unspecified atom stereocenters. The Morgan fingerprint density at radius 2 is 2.07 bits per heavy atom. The first-order chi connectivity index (χ1) is 6.48. The van der Waals surface area contributed by atoms with Gasteiger partial charge in [0, 0.05) is 0 Å². The topological polar surface area (TPSA) is 26.0 Å². The van der Waals surface area contributed by atoms with Crippen LogP contribution >= 0.6 is 15.9 Å². The predicted octanol–water partition coefficient (Wildman–Crippen LogP) is 2.93. The molecule has 14 heavy (non-hydrogen) atoms. The van der Waals surface area contributed by atoms with Crippen LogP contribution in [0.25, 0.3) is 0 Å². The summed E-state index contributed by atoms with van der Waals surface area (Å²) in [4.78, 5) is 0. The Morgan fingerprint density at radius 3 is 2.50 bits per heavy atom. The largest absolute Gasteiger partial charge is 0.365 e. The van der Waals surface area contributed by atoms with E-state index in [9.17, 15) is 0 Å². The van der Waals surface area contributed by atoms with E-state index in [-0.39, 0.29) is 0 Å². The second kappa shape index (κ2) is 3.49. The van der Waals surface area contributed by atoms with Gasteiger partial charge in [-0.2, -0.15) is 0 Å². The molecule has 1 heterocycles. The number of aromatic nitrogens is 1.